The molecule has 1 amide bonds. The molecule has 180 valence electrons. The second-order valence-corrected chi connectivity index (χ2v) is 8.18. The van der Waals surface area contributed by atoms with Crippen LogP contribution in [-0.4, -0.2) is 23.4 Å². The Hall–Kier alpha value is -4.78. The molecule has 1 aliphatic rings. The third-order valence-corrected chi connectivity index (χ3v) is 5.88. The number of nitrogens with one attached hydrogen (secondary N) is 1. The smallest absolute Gasteiger partial charge is 0.300 e. The normalized spacial score (nSPS) is 16.8. The Labute approximate surface area is 208 Å². The fourth-order valence-corrected chi connectivity index (χ4v) is 4.26. The zero-order valence-electron chi connectivity index (χ0n) is 19.5. The minimum Gasteiger partial charge on any atom is -0.507 e. The number of benzene rings is 3. The summed E-state index contributed by atoms with van der Waals surface area (Å²) in [5, 5.41) is 14.5. The largest absolute Gasteiger partial charge is 0.507 e. The van der Waals surface area contributed by atoms with Crippen LogP contribution >= 0.6 is 0 Å². The maximum Gasteiger partial charge on any atom is 0.300 e. The summed E-state index contributed by atoms with van der Waals surface area (Å²) < 4.78 is 11.1. The van der Waals surface area contributed by atoms with Crippen LogP contribution in [0.15, 0.2) is 107 Å². The number of hydrogen-bond donors (Lipinski definition) is 2. The molecular weight excluding hydrogens is 456 g/mol. The maximum atomic E-state index is 13.3. The number of aliphatic hydroxyl groups is 1. The van der Waals surface area contributed by atoms with Crippen LogP contribution in [0.5, 0.6) is 5.75 Å². The van der Waals surface area contributed by atoms with Gasteiger partial charge in [-0.05, 0) is 67.6 Å². The number of para-hydroxylation sites is 1. The molecule has 36 heavy (non-hydrogen) atoms. The highest BCUT2D eigenvalue weighted by molar-refractivity contribution is 6.51. The van der Waals surface area contributed by atoms with Crippen LogP contribution in [0, 0.1) is 0 Å². The standard InChI is InChI=1S/C29H24N2O5/c1-2-35-23-11-6-8-19(18-23)27(32)25-26(24-12-7-17-36-24)31(29(34)28(25)33)22-15-13-21(14-16-22)30-20-9-4-3-5-10-20/h3-18,26,30,32H,2H2,1H3/b27-25-. The fourth-order valence-electron chi connectivity index (χ4n) is 4.26. The number of carbonyl (C=O) groups is 2. The number of anilines is 3. The van der Waals surface area contributed by atoms with Gasteiger partial charge in [-0.3, -0.25) is 14.5 Å². The summed E-state index contributed by atoms with van der Waals surface area (Å²) in [5.41, 5.74) is 2.58. The van der Waals surface area contributed by atoms with E-state index in [0.29, 0.717) is 29.4 Å². The van der Waals surface area contributed by atoms with Crippen LogP contribution < -0.4 is 15.0 Å². The average Bonchev–Trinajstić information content (AvgIpc) is 3.52. The fraction of sp³-hybridized carbons (Fsp3) is 0.103. The minimum atomic E-state index is -0.927. The first-order valence-electron chi connectivity index (χ1n) is 11.6. The van der Waals surface area contributed by atoms with Gasteiger partial charge in [0.1, 0.15) is 23.3 Å². The SMILES string of the molecule is CCOc1cccc(/C(O)=C2/C(=O)C(=O)N(c3ccc(Nc4ccccc4)cc3)C2c2ccco2)c1. The van der Waals surface area contributed by atoms with Crippen molar-refractivity contribution in [2.75, 3.05) is 16.8 Å². The lowest BCUT2D eigenvalue weighted by molar-refractivity contribution is -0.132. The molecule has 0 radical (unpaired) electrons. The summed E-state index contributed by atoms with van der Waals surface area (Å²) in [6, 6.07) is 26.1. The van der Waals surface area contributed by atoms with Crippen molar-refractivity contribution in [3.05, 3.63) is 114 Å². The zero-order valence-corrected chi connectivity index (χ0v) is 19.5. The van der Waals surface area contributed by atoms with Crippen LogP contribution in [0.3, 0.4) is 0 Å². The third kappa shape index (κ3) is 4.34. The van der Waals surface area contributed by atoms with Gasteiger partial charge in [0.05, 0.1) is 18.4 Å². The molecule has 0 saturated carbocycles. The summed E-state index contributed by atoms with van der Waals surface area (Å²) in [4.78, 5) is 27.8. The van der Waals surface area contributed by atoms with Crippen molar-refractivity contribution >= 4 is 34.5 Å². The van der Waals surface area contributed by atoms with Crippen molar-refractivity contribution in [1.29, 1.82) is 0 Å². The Kier molecular flexibility index (Phi) is 6.28. The van der Waals surface area contributed by atoms with Gasteiger partial charge in [-0.1, -0.05) is 30.3 Å². The minimum absolute atomic E-state index is 0.0462. The van der Waals surface area contributed by atoms with E-state index in [1.807, 2.05) is 49.4 Å². The number of carbonyl (C=O) groups excluding carboxylic acids is 2. The predicted octanol–water partition coefficient (Wildman–Crippen LogP) is 6.05. The van der Waals surface area contributed by atoms with E-state index in [9.17, 15) is 14.7 Å². The van der Waals surface area contributed by atoms with Crippen LogP contribution in [0.4, 0.5) is 17.1 Å². The molecule has 2 N–H and O–H groups in total. The lowest BCUT2D eigenvalue weighted by Gasteiger charge is -2.23. The highest BCUT2D eigenvalue weighted by Gasteiger charge is 2.48. The van der Waals surface area contributed by atoms with Crippen molar-refractivity contribution < 1.29 is 23.8 Å². The number of amides is 1. The van der Waals surface area contributed by atoms with Gasteiger partial charge in [-0.2, -0.15) is 0 Å². The summed E-state index contributed by atoms with van der Waals surface area (Å²) in [7, 11) is 0. The van der Waals surface area contributed by atoms with E-state index in [1.165, 1.54) is 11.2 Å². The number of nitrogens with zero attached hydrogens (tertiary/aromatic N) is 1. The number of rotatable bonds is 7. The first-order chi connectivity index (χ1) is 17.6. The molecule has 1 aromatic heterocycles. The van der Waals surface area contributed by atoms with Crippen molar-refractivity contribution in [2.45, 2.75) is 13.0 Å². The number of aliphatic hydroxyl groups excluding tert-OH is 1. The topological polar surface area (TPSA) is 92.0 Å². The first-order valence-corrected chi connectivity index (χ1v) is 11.6. The molecule has 1 aliphatic heterocycles. The Morgan fingerprint density at radius 3 is 2.39 bits per heavy atom. The molecule has 7 heteroatoms. The van der Waals surface area contributed by atoms with Crippen molar-refractivity contribution in [3.63, 3.8) is 0 Å². The average molecular weight is 481 g/mol. The van der Waals surface area contributed by atoms with Gasteiger partial charge in [0.2, 0.25) is 0 Å². The van der Waals surface area contributed by atoms with Crippen LogP contribution in [0.2, 0.25) is 0 Å². The Morgan fingerprint density at radius 1 is 0.944 bits per heavy atom. The van der Waals surface area contributed by atoms with Crippen molar-refractivity contribution in [3.8, 4) is 5.75 Å². The molecule has 0 spiro atoms. The summed E-state index contributed by atoms with van der Waals surface area (Å²) in [6.07, 6.45) is 1.47. The van der Waals surface area contributed by atoms with Crippen molar-refractivity contribution in [1.82, 2.24) is 0 Å². The molecular formula is C29H24N2O5. The van der Waals surface area contributed by atoms with Crippen molar-refractivity contribution in [2.24, 2.45) is 0 Å². The summed E-state index contributed by atoms with van der Waals surface area (Å²) in [6.45, 7) is 2.31. The van der Waals surface area contributed by atoms with Gasteiger partial charge in [0.25, 0.3) is 11.7 Å². The Balaban J connectivity index is 1.55. The summed E-state index contributed by atoms with van der Waals surface area (Å²) >= 11 is 0. The first kappa shape index (κ1) is 23.0. The molecule has 7 nitrogen and oxygen atoms in total. The van der Waals surface area contributed by atoms with Gasteiger partial charge in [-0.25, -0.2) is 0 Å². The second-order valence-electron chi connectivity index (χ2n) is 8.18. The van der Waals surface area contributed by atoms with Gasteiger partial charge < -0.3 is 19.6 Å². The molecule has 1 atom stereocenters. The van der Waals surface area contributed by atoms with Gasteiger partial charge >= 0.3 is 0 Å². The van der Waals surface area contributed by atoms with Gasteiger partial charge in [0, 0.05) is 22.6 Å². The molecule has 0 aliphatic carbocycles. The lowest BCUT2D eigenvalue weighted by atomic mass is 9.99. The Morgan fingerprint density at radius 2 is 1.69 bits per heavy atom. The molecule has 2 heterocycles. The van der Waals surface area contributed by atoms with E-state index in [0.717, 1.165) is 11.4 Å². The highest BCUT2D eigenvalue weighted by atomic mass is 16.5. The molecule has 1 saturated heterocycles. The number of Topliss-reactive ketones (excluding diaryl/α,β-unsaturated/α-hetero) is 1. The van der Waals surface area contributed by atoms with E-state index in [2.05, 4.69) is 5.32 Å². The van der Waals surface area contributed by atoms with Crippen LogP contribution in [-0.2, 0) is 9.59 Å². The molecule has 0 bridgehead atoms. The molecule has 1 fully saturated rings. The predicted molar refractivity (Wildman–Crippen MR) is 137 cm³/mol. The molecule has 1 unspecified atom stereocenters. The number of ketones is 1. The monoisotopic (exact) mass is 480 g/mol. The van der Waals surface area contributed by atoms with Crippen LogP contribution in [0.1, 0.15) is 24.3 Å². The second kappa shape index (κ2) is 9.84. The lowest BCUT2D eigenvalue weighted by Crippen LogP contribution is -2.29. The summed E-state index contributed by atoms with van der Waals surface area (Å²) in [5.74, 6) is -0.916. The van der Waals surface area contributed by atoms with E-state index >= 15 is 0 Å². The van der Waals surface area contributed by atoms with E-state index in [4.69, 9.17) is 9.15 Å². The van der Waals surface area contributed by atoms with E-state index in [-0.39, 0.29) is 11.3 Å². The molecule has 3 aromatic carbocycles. The number of furan rings is 1. The molecule has 4 aromatic rings. The van der Waals surface area contributed by atoms with E-state index < -0.39 is 17.7 Å². The van der Waals surface area contributed by atoms with E-state index in [1.54, 1.807) is 48.5 Å². The highest BCUT2D eigenvalue weighted by Crippen LogP contribution is 2.42. The quantitative estimate of drug-likeness (QED) is 0.190. The number of ether oxygens (including phenoxy) is 1. The van der Waals surface area contributed by atoms with Gasteiger partial charge in [-0.15, -0.1) is 0 Å². The number of hydrogen-bond acceptors (Lipinski definition) is 6. The maximum absolute atomic E-state index is 13.3. The zero-order chi connectivity index (χ0) is 25.1. The van der Waals surface area contributed by atoms with Crippen LogP contribution in [0.25, 0.3) is 5.76 Å². The third-order valence-electron chi connectivity index (χ3n) is 5.88. The molecule has 5 rings (SSSR count). The Bertz CT molecular complexity index is 1410. The van der Waals surface area contributed by atoms with Gasteiger partial charge in [0.15, 0.2) is 0 Å².